The molecule has 0 N–H and O–H groups in total. The average molecular weight is 239 g/mol. The highest BCUT2D eigenvalue weighted by Crippen LogP contribution is 2.24. The van der Waals surface area contributed by atoms with Crippen molar-refractivity contribution in [2.75, 3.05) is 0 Å². The minimum absolute atomic E-state index is 0.0584. The van der Waals surface area contributed by atoms with E-state index in [9.17, 15) is 4.79 Å². The Labute approximate surface area is 105 Å². The Bertz CT molecular complexity index is 541. The van der Waals surface area contributed by atoms with Crippen molar-refractivity contribution in [3.05, 3.63) is 65.5 Å². The van der Waals surface area contributed by atoms with Gasteiger partial charge < -0.3 is 4.74 Å². The fourth-order valence-electron chi connectivity index (χ4n) is 2.30. The third kappa shape index (κ3) is 2.12. The van der Waals surface area contributed by atoms with Crippen LogP contribution in [0.15, 0.2) is 48.7 Å². The van der Waals surface area contributed by atoms with Crippen LogP contribution in [0.2, 0.25) is 0 Å². The van der Waals surface area contributed by atoms with E-state index in [2.05, 4.69) is 17.1 Å². The first kappa shape index (κ1) is 11.0. The molecule has 18 heavy (non-hydrogen) atoms. The maximum Gasteiger partial charge on any atom is 0.357 e. The van der Waals surface area contributed by atoms with E-state index < -0.39 is 0 Å². The minimum atomic E-state index is -0.339. The predicted molar refractivity (Wildman–Crippen MR) is 67.3 cm³/mol. The Morgan fingerprint density at radius 3 is 2.33 bits per heavy atom. The summed E-state index contributed by atoms with van der Waals surface area (Å²) in [5, 5.41) is 0. The number of hydrogen-bond acceptors (Lipinski definition) is 3. The summed E-state index contributed by atoms with van der Waals surface area (Å²) in [5.41, 5.74) is 2.92. The van der Waals surface area contributed by atoms with Gasteiger partial charge in [0.15, 0.2) is 0 Å². The molecule has 1 heterocycles. The molecule has 0 bridgehead atoms. The maximum atomic E-state index is 11.9. The van der Waals surface area contributed by atoms with E-state index in [0.29, 0.717) is 5.69 Å². The second-order valence-corrected chi connectivity index (χ2v) is 4.42. The Balaban J connectivity index is 1.68. The van der Waals surface area contributed by atoms with E-state index in [1.165, 1.54) is 11.1 Å². The van der Waals surface area contributed by atoms with Crippen LogP contribution in [-0.2, 0) is 17.6 Å². The zero-order valence-electron chi connectivity index (χ0n) is 9.87. The lowest BCUT2D eigenvalue weighted by atomic mass is 10.1. The molecule has 1 aromatic heterocycles. The second kappa shape index (κ2) is 4.61. The van der Waals surface area contributed by atoms with Gasteiger partial charge in [-0.1, -0.05) is 30.3 Å². The number of ether oxygens (including phenoxy) is 1. The molecule has 3 rings (SSSR count). The SMILES string of the molecule is O=C(OC1Cc2ccccc2C1)c1ccccn1. The lowest BCUT2D eigenvalue weighted by molar-refractivity contribution is 0.0318. The fraction of sp³-hybridized carbons (Fsp3) is 0.200. The molecule has 1 aromatic carbocycles. The van der Waals surface area contributed by atoms with Gasteiger partial charge in [-0.15, -0.1) is 0 Å². The largest absolute Gasteiger partial charge is 0.457 e. The van der Waals surface area contributed by atoms with Crippen LogP contribution in [0.5, 0.6) is 0 Å². The number of esters is 1. The van der Waals surface area contributed by atoms with Gasteiger partial charge >= 0.3 is 5.97 Å². The van der Waals surface area contributed by atoms with E-state index >= 15 is 0 Å². The summed E-state index contributed by atoms with van der Waals surface area (Å²) in [6.07, 6.45) is 3.14. The summed E-state index contributed by atoms with van der Waals surface area (Å²) in [5.74, 6) is -0.339. The monoisotopic (exact) mass is 239 g/mol. The normalized spacial score (nSPS) is 14.2. The van der Waals surface area contributed by atoms with Gasteiger partial charge in [-0.25, -0.2) is 9.78 Å². The Morgan fingerprint density at radius 2 is 1.72 bits per heavy atom. The van der Waals surface area contributed by atoms with Crippen LogP contribution in [0.3, 0.4) is 0 Å². The molecular weight excluding hydrogens is 226 g/mol. The van der Waals surface area contributed by atoms with Gasteiger partial charge in [-0.05, 0) is 23.3 Å². The summed E-state index contributed by atoms with van der Waals surface area (Å²) >= 11 is 0. The predicted octanol–water partition coefficient (Wildman–Crippen LogP) is 2.41. The van der Waals surface area contributed by atoms with Gasteiger partial charge in [0.05, 0.1) is 0 Å². The molecule has 0 fully saturated rings. The van der Waals surface area contributed by atoms with Crippen molar-refractivity contribution < 1.29 is 9.53 Å². The number of aromatic nitrogens is 1. The molecule has 0 aliphatic heterocycles. The highest BCUT2D eigenvalue weighted by molar-refractivity contribution is 5.87. The van der Waals surface area contributed by atoms with Gasteiger partial charge in [0, 0.05) is 19.0 Å². The van der Waals surface area contributed by atoms with Crippen molar-refractivity contribution in [3.8, 4) is 0 Å². The number of hydrogen-bond donors (Lipinski definition) is 0. The third-order valence-electron chi connectivity index (χ3n) is 3.16. The number of nitrogens with zero attached hydrogens (tertiary/aromatic N) is 1. The smallest absolute Gasteiger partial charge is 0.357 e. The van der Waals surface area contributed by atoms with Crippen molar-refractivity contribution in [2.24, 2.45) is 0 Å². The zero-order chi connectivity index (χ0) is 12.4. The number of pyridine rings is 1. The van der Waals surface area contributed by atoms with Gasteiger partial charge in [0.1, 0.15) is 11.8 Å². The highest BCUT2D eigenvalue weighted by Gasteiger charge is 2.24. The Morgan fingerprint density at radius 1 is 1.06 bits per heavy atom. The van der Waals surface area contributed by atoms with E-state index in [1.807, 2.05) is 12.1 Å². The van der Waals surface area contributed by atoms with Crippen LogP contribution in [0.1, 0.15) is 21.6 Å². The van der Waals surface area contributed by atoms with Gasteiger partial charge in [-0.3, -0.25) is 0 Å². The van der Waals surface area contributed by atoms with Gasteiger partial charge in [0.25, 0.3) is 0 Å². The van der Waals surface area contributed by atoms with Gasteiger partial charge in [-0.2, -0.15) is 0 Å². The molecule has 2 aromatic rings. The summed E-state index contributed by atoms with van der Waals surface area (Å²) in [4.78, 5) is 15.9. The van der Waals surface area contributed by atoms with Crippen LogP contribution < -0.4 is 0 Å². The van der Waals surface area contributed by atoms with E-state index in [-0.39, 0.29) is 12.1 Å². The molecule has 0 spiro atoms. The van der Waals surface area contributed by atoms with Crippen molar-refractivity contribution in [3.63, 3.8) is 0 Å². The molecule has 0 unspecified atom stereocenters. The first-order chi connectivity index (χ1) is 8.83. The second-order valence-electron chi connectivity index (χ2n) is 4.42. The molecule has 3 nitrogen and oxygen atoms in total. The van der Waals surface area contributed by atoms with Crippen LogP contribution in [0.4, 0.5) is 0 Å². The summed E-state index contributed by atoms with van der Waals surface area (Å²) in [6.45, 7) is 0. The summed E-state index contributed by atoms with van der Waals surface area (Å²) < 4.78 is 5.48. The van der Waals surface area contributed by atoms with Crippen molar-refractivity contribution >= 4 is 5.97 Å². The van der Waals surface area contributed by atoms with Crippen LogP contribution in [0, 0.1) is 0 Å². The molecule has 0 radical (unpaired) electrons. The van der Waals surface area contributed by atoms with Crippen LogP contribution in [0.25, 0.3) is 0 Å². The number of benzene rings is 1. The molecular formula is C15H13NO2. The Kier molecular flexibility index (Phi) is 2.81. The molecule has 1 aliphatic carbocycles. The minimum Gasteiger partial charge on any atom is -0.457 e. The zero-order valence-corrected chi connectivity index (χ0v) is 9.87. The number of carbonyl (C=O) groups is 1. The molecule has 0 saturated carbocycles. The topological polar surface area (TPSA) is 39.2 Å². The Hall–Kier alpha value is -2.16. The van der Waals surface area contributed by atoms with Gasteiger partial charge in [0.2, 0.25) is 0 Å². The van der Waals surface area contributed by atoms with E-state index in [4.69, 9.17) is 4.74 Å². The summed E-state index contributed by atoms with van der Waals surface area (Å²) in [6, 6.07) is 13.4. The third-order valence-corrected chi connectivity index (χ3v) is 3.16. The highest BCUT2D eigenvalue weighted by atomic mass is 16.5. The number of rotatable bonds is 2. The lowest BCUT2D eigenvalue weighted by Gasteiger charge is -2.10. The summed E-state index contributed by atoms with van der Waals surface area (Å²) in [7, 11) is 0. The molecule has 1 aliphatic rings. The molecule has 90 valence electrons. The van der Waals surface area contributed by atoms with Crippen LogP contribution in [-0.4, -0.2) is 17.1 Å². The lowest BCUT2D eigenvalue weighted by Crippen LogP contribution is -2.19. The van der Waals surface area contributed by atoms with Crippen LogP contribution >= 0.6 is 0 Å². The van der Waals surface area contributed by atoms with Crippen molar-refractivity contribution in [1.29, 1.82) is 0 Å². The average Bonchev–Trinajstić information content (AvgIpc) is 2.82. The first-order valence-corrected chi connectivity index (χ1v) is 6.02. The first-order valence-electron chi connectivity index (χ1n) is 6.02. The maximum absolute atomic E-state index is 11.9. The fourth-order valence-corrected chi connectivity index (χ4v) is 2.30. The van der Waals surface area contributed by atoms with Crippen molar-refractivity contribution in [2.45, 2.75) is 18.9 Å². The number of fused-ring (bicyclic) bond motifs is 1. The quantitative estimate of drug-likeness (QED) is 0.755. The van der Waals surface area contributed by atoms with Crippen molar-refractivity contribution in [1.82, 2.24) is 4.98 Å². The molecule has 3 heteroatoms. The molecule has 0 amide bonds. The van der Waals surface area contributed by atoms with E-state index in [1.54, 1.807) is 24.4 Å². The standard InChI is InChI=1S/C15H13NO2/c17-15(14-7-3-4-8-16-14)18-13-9-11-5-1-2-6-12(11)10-13/h1-8,13H,9-10H2. The molecule has 0 atom stereocenters. The molecule has 0 saturated heterocycles. The number of carbonyl (C=O) groups excluding carboxylic acids is 1. The van der Waals surface area contributed by atoms with E-state index in [0.717, 1.165) is 12.8 Å².